The molecule has 2 aromatic rings. The van der Waals surface area contributed by atoms with Gasteiger partial charge in [-0.25, -0.2) is 0 Å². The molecule has 6 nitrogen and oxygen atoms in total. The molecule has 184 valence electrons. The van der Waals surface area contributed by atoms with Gasteiger partial charge in [-0.3, -0.25) is 0 Å². The average Bonchev–Trinajstić information content (AvgIpc) is 2.83. The second-order valence-electron chi connectivity index (χ2n) is 7.56. The van der Waals surface area contributed by atoms with Crippen molar-refractivity contribution in [1.29, 1.82) is 0 Å². The first-order valence-corrected chi connectivity index (χ1v) is 11.2. The SMILES string of the molecule is C#CC(C)O.CC.C[C@H]1OC(CO)[C@@H](O)C(O)C1O.Cc1ccc(-c2ccccc2C)cc1. The number of aryl methyl sites for hydroxylation is 2. The fourth-order valence-corrected chi connectivity index (χ4v) is 2.92. The van der Waals surface area contributed by atoms with Crippen LogP contribution in [0.15, 0.2) is 48.5 Å². The van der Waals surface area contributed by atoms with Crippen molar-refractivity contribution in [3.8, 4) is 23.5 Å². The first kappa shape index (κ1) is 30.8. The molecule has 3 rings (SSSR count). The molecular weight excluding hydrogens is 420 g/mol. The third-order valence-electron chi connectivity index (χ3n) is 4.88. The van der Waals surface area contributed by atoms with Crippen molar-refractivity contribution in [2.24, 2.45) is 0 Å². The Kier molecular flexibility index (Phi) is 15.3. The zero-order valence-corrected chi connectivity index (χ0v) is 20.5. The molecule has 1 heterocycles. The number of hydrogen-bond acceptors (Lipinski definition) is 6. The average molecular weight is 461 g/mol. The minimum absolute atomic E-state index is 0.366. The zero-order chi connectivity index (χ0) is 25.6. The van der Waals surface area contributed by atoms with Gasteiger partial charge in [0.2, 0.25) is 0 Å². The second-order valence-corrected chi connectivity index (χ2v) is 7.56. The Morgan fingerprint density at radius 1 is 0.939 bits per heavy atom. The van der Waals surface area contributed by atoms with E-state index in [9.17, 15) is 15.3 Å². The Morgan fingerprint density at radius 2 is 1.45 bits per heavy atom. The van der Waals surface area contributed by atoms with E-state index in [1.807, 2.05) is 13.8 Å². The lowest BCUT2D eigenvalue weighted by atomic mass is 9.96. The number of benzene rings is 2. The van der Waals surface area contributed by atoms with Crippen LogP contribution < -0.4 is 0 Å². The highest BCUT2D eigenvalue weighted by Crippen LogP contribution is 2.23. The summed E-state index contributed by atoms with van der Waals surface area (Å²) in [6, 6.07) is 17.1. The quantitative estimate of drug-likeness (QED) is 0.441. The van der Waals surface area contributed by atoms with E-state index >= 15 is 0 Å². The van der Waals surface area contributed by atoms with E-state index in [0.29, 0.717) is 0 Å². The van der Waals surface area contributed by atoms with Crippen molar-refractivity contribution >= 4 is 0 Å². The molecule has 1 saturated heterocycles. The van der Waals surface area contributed by atoms with Crippen LogP contribution >= 0.6 is 0 Å². The molecule has 0 bridgehead atoms. The van der Waals surface area contributed by atoms with E-state index in [-0.39, 0.29) is 6.61 Å². The smallest absolute Gasteiger partial charge is 0.111 e. The highest BCUT2D eigenvalue weighted by molar-refractivity contribution is 5.67. The first-order valence-electron chi connectivity index (χ1n) is 11.2. The number of aliphatic hydroxyl groups excluding tert-OH is 5. The molecular formula is C27H40O6. The number of terminal acetylenes is 1. The van der Waals surface area contributed by atoms with Gasteiger partial charge in [0.05, 0.1) is 12.7 Å². The van der Waals surface area contributed by atoms with Crippen molar-refractivity contribution in [2.75, 3.05) is 6.61 Å². The van der Waals surface area contributed by atoms with Gasteiger partial charge in [0.25, 0.3) is 0 Å². The molecule has 0 aliphatic carbocycles. The normalized spacial score (nSPS) is 24.4. The topological polar surface area (TPSA) is 110 Å². The van der Waals surface area contributed by atoms with E-state index in [4.69, 9.17) is 14.9 Å². The molecule has 1 aliphatic heterocycles. The summed E-state index contributed by atoms with van der Waals surface area (Å²) in [7, 11) is 0. The number of aliphatic hydroxyl groups is 5. The van der Waals surface area contributed by atoms with E-state index in [1.165, 1.54) is 22.3 Å². The lowest BCUT2D eigenvalue weighted by Crippen LogP contribution is -2.57. The summed E-state index contributed by atoms with van der Waals surface area (Å²) < 4.78 is 5.02. The van der Waals surface area contributed by atoms with Crippen LogP contribution in [0.5, 0.6) is 0 Å². The monoisotopic (exact) mass is 460 g/mol. The molecule has 0 radical (unpaired) electrons. The van der Waals surface area contributed by atoms with Crippen molar-refractivity contribution in [2.45, 2.75) is 78.2 Å². The van der Waals surface area contributed by atoms with Crippen LogP contribution in [0.2, 0.25) is 0 Å². The van der Waals surface area contributed by atoms with Crippen molar-refractivity contribution < 1.29 is 30.3 Å². The van der Waals surface area contributed by atoms with Crippen molar-refractivity contribution in [1.82, 2.24) is 0 Å². The maximum Gasteiger partial charge on any atom is 0.111 e. The van der Waals surface area contributed by atoms with Gasteiger partial charge in [-0.1, -0.05) is 73.9 Å². The fourth-order valence-electron chi connectivity index (χ4n) is 2.92. The lowest BCUT2D eigenvalue weighted by molar-refractivity contribution is -0.224. The predicted octanol–water partition coefficient (Wildman–Crippen LogP) is 2.85. The number of hydrogen-bond donors (Lipinski definition) is 5. The molecule has 1 fully saturated rings. The van der Waals surface area contributed by atoms with Gasteiger partial charge in [-0.05, 0) is 44.4 Å². The third-order valence-corrected chi connectivity index (χ3v) is 4.88. The molecule has 0 amide bonds. The molecule has 4 unspecified atom stereocenters. The van der Waals surface area contributed by atoms with E-state index in [1.54, 1.807) is 13.8 Å². The predicted molar refractivity (Wildman–Crippen MR) is 133 cm³/mol. The largest absolute Gasteiger partial charge is 0.394 e. The van der Waals surface area contributed by atoms with Gasteiger partial charge in [-0.2, -0.15) is 0 Å². The summed E-state index contributed by atoms with van der Waals surface area (Å²) in [5.41, 5.74) is 5.26. The minimum atomic E-state index is -1.24. The van der Waals surface area contributed by atoms with Crippen LogP contribution in [0, 0.1) is 26.2 Å². The summed E-state index contributed by atoms with van der Waals surface area (Å²) in [5.74, 6) is 2.08. The Morgan fingerprint density at radius 3 is 1.91 bits per heavy atom. The third kappa shape index (κ3) is 10.5. The van der Waals surface area contributed by atoms with Gasteiger partial charge in [0, 0.05) is 0 Å². The molecule has 1 aliphatic rings. The van der Waals surface area contributed by atoms with Crippen LogP contribution in [-0.2, 0) is 4.74 Å². The van der Waals surface area contributed by atoms with Crippen molar-refractivity contribution in [3.63, 3.8) is 0 Å². The van der Waals surface area contributed by atoms with Gasteiger partial charge in [0.1, 0.15) is 30.5 Å². The maximum atomic E-state index is 9.23. The van der Waals surface area contributed by atoms with Crippen molar-refractivity contribution in [3.05, 3.63) is 59.7 Å². The second kappa shape index (κ2) is 16.4. The van der Waals surface area contributed by atoms with Gasteiger partial charge in [0.15, 0.2) is 0 Å². The van der Waals surface area contributed by atoms with Gasteiger partial charge >= 0.3 is 0 Å². The van der Waals surface area contributed by atoms with Crippen LogP contribution in [-0.4, -0.2) is 68.8 Å². The summed E-state index contributed by atoms with van der Waals surface area (Å²) in [6.07, 6.45) is -0.853. The molecule has 6 atom stereocenters. The number of ether oxygens (including phenoxy) is 1. The van der Waals surface area contributed by atoms with Crippen LogP contribution in [0.3, 0.4) is 0 Å². The maximum absolute atomic E-state index is 9.23. The summed E-state index contributed by atoms with van der Waals surface area (Å²) >= 11 is 0. The minimum Gasteiger partial charge on any atom is -0.394 e. The lowest BCUT2D eigenvalue weighted by Gasteiger charge is -2.38. The van der Waals surface area contributed by atoms with E-state index < -0.39 is 36.6 Å². The van der Waals surface area contributed by atoms with E-state index in [2.05, 4.69) is 74.7 Å². The molecule has 2 aromatic carbocycles. The standard InChI is InChI=1S/C14H14.C7H14O5.C4H6O.C2H6/c1-11-7-9-13(10-8-11)14-6-4-3-5-12(14)2;1-3-5(9)7(11)6(10)4(2-8)12-3;1-3-4(2)5;1-2/h3-10H,1-2H3;3-11H,2H2,1H3;1,4-5H,2H3;1-2H3/t;3-,4?,5?,6-,7?;;/m.1../s1. The molecule has 0 aromatic heterocycles. The molecule has 0 spiro atoms. The molecule has 6 heteroatoms. The fraction of sp³-hybridized carbons (Fsp3) is 0.481. The highest BCUT2D eigenvalue weighted by Gasteiger charge is 2.41. The highest BCUT2D eigenvalue weighted by atomic mass is 16.5. The summed E-state index contributed by atoms with van der Waals surface area (Å²) in [4.78, 5) is 0. The summed E-state index contributed by atoms with van der Waals surface area (Å²) in [5, 5.41) is 44.5. The Labute approximate surface area is 198 Å². The molecule has 5 N–H and O–H groups in total. The van der Waals surface area contributed by atoms with Gasteiger partial charge < -0.3 is 30.3 Å². The van der Waals surface area contributed by atoms with E-state index in [0.717, 1.165) is 0 Å². The first-order chi connectivity index (χ1) is 15.6. The Bertz CT molecular complexity index is 807. The molecule has 33 heavy (non-hydrogen) atoms. The van der Waals surface area contributed by atoms with Crippen LogP contribution in [0.1, 0.15) is 38.8 Å². The number of rotatable bonds is 2. The van der Waals surface area contributed by atoms with Crippen LogP contribution in [0.4, 0.5) is 0 Å². The van der Waals surface area contributed by atoms with Gasteiger partial charge in [-0.15, -0.1) is 6.42 Å². The zero-order valence-electron chi connectivity index (χ0n) is 20.5. The Balaban J connectivity index is 0.000000492. The summed E-state index contributed by atoms with van der Waals surface area (Å²) in [6.45, 7) is 11.0. The Hall–Kier alpha value is -2.24. The van der Waals surface area contributed by atoms with Crippen LogP contribution in [0.25, 0.3) is 11.1 Å². The molecule has 0 saturated carbocycles.